The van der Waals surface area contributed by atoms with Gasteiger partial charge < -0.3 is 24.6 Å². The molecule has 0 saturated carbocycles. The molecule has 0 rings (SSSR count). The number of carbonyl (C=O) groups is 2. The Kier molecular flexibility index (Phi) is 41.9. The number of phosphoric acid groups is 1. The van der Waals surface area contributed by atoms with Gasteiger partial charge in [-0.1, -0.05) is 192 Å². The molecule has 0 fully saturated rings. The van der Waals surface area contributed by atoms with Crippen LogP contribution < -0.4 is 0 Å². The maximum Gasteiger partial charge on any atom is 0.472 e. The van der Waals surface area contributed by atoms with Crippen LogP contribution in [0.4, 0.5) is 0 Å². The number of carbonyl (C=O) groups excluding carboxylic acids is 2. The molecular weight excluding hydrogens is 755 g/mol. The highest BCUT2D eigenvalue weighted by molar-refractivity contribution is 7.47. The predicted octanol–water partition coefficient (Wildman–Crippen LogP) is 12.7. The van der Waals surface area contributed by atoms with E-state index in [1.165, 1.54) is 116 Å². The molecule has 340 valence electrons. The second-order valence-electron chi connectivity index (χ2n) is 15.7. The van der Waals surface area contributed by atoms with E-state index in [1.807, 2.05) is 0 Å². The molecule has 3 atom stereocenters. The molecule has 10 nitrogen and oxygen atoms in total. The molecule has 0 heterocycles. The Balaban J connectivity index is 3.84. The maximum atomic E-state index is 12.4. The summed E-state index contributed by atoms with van der Waals surface area (Å²) in [6, 6.07) is 0. The normalized spacial score (nSPS) is 14.1. The Labute approximate surface area is 354 Å². The molecule has 0 aromatic heterocycles. The van der Waals surface area contributed by atoms with Crippen molar-refractivity contribution in [2.75, 3.05) is 26.4 Å². The number of aliphatic hydroxyl groups excluding tert-OH is 2. The first-order valence-corrected chi connectivity index (χ1v) is 24.9. The van der Waals surface area contributed by atoms with Crippen LogP contribution in [0.5, 0.6) is 0 Å². The average molecular weight is 843 g/mol. The van der Waals surface area contributed by atoms with Crippen LogP contribution in [0.2, 0.25) is 0 Å². The SMILES string of the molecule is CC/C=C\C/C=C\C/C=C\CCCCCC(=O)OC(CO)COP(=O)(O)OCC(CO)OC(=O)CCCCCCCCCCCCCCCCCCCCCCCC. The van der Waals surface area contributed by atoms with Gasteiger partial charge in [0.25, 0.3) is 0 Å². The topological polar surface area (TPSA) is 149 Å². The van der Waals surface area contributed by atoms with E-state index >= 15 is 0 Å². The van der Waals surface area contributed by atoms with Crippen LogP contribution in [0.25, 0.3) is 0 Å². The molecule has 3 unspecified atom stereocenters. The number of allylic oxidation sites excluding steroid dienone is 6. The number of aliphatic hydroxyl groups is 2. The number of esters is 2. The van der Waals surface area contributed by atoms with E-state index in [1.54, 1.807) is 0 Å². The highest BCUT2D eigenvalue weighted by atomic mass is 31.2. The first kappa shape index (κ1) is 56.2. The van der Waals surface area contributed by atoms with Crippen molar-refractivity contribution in [3.8, 4) is 0 Å². The van der Waals surface area contributed by atoms with Gasteiger partial charge in [-0.2, -0.15) is 0 Å². The number of phosphoric ester groups is 1. The summed E-state index contributed by atoms with van der Waals surface area (Å²) in [5.74, 6) is -1.04. The number of rotatable bonds is 44. The van der Waals surface area contributed by atoms with Gasteiger partial charge in [0.05, 0.1) is 26.4 Å². The molecular formula is C47H87O10P. The monoisotopic (exact) mass is 843 g/mol. The first-order chi connectivity index (χ1) is 28.3. The summed E-state index contributed by atoms with van der Waals surface area (Å²) in [4.78, 5) is 34.5. The number of unbranched alkanes of at least 4 members (excludes halogenated alkanes) is 24. The van der Waals surface area contributed by atoms with Crippen molar-refractivity contribution >= 4 is 19.8 Å². The average Bonchev–Trinajstić information content (AvgIpc) is 3.21. The van der Waals surface area contributed by atoms with Gasteiger partial charge in [0, 0.05) is 12.8 Å². The van der Waals surface area contributed by atoms with E-state index in [0.29, 0.717) is 12.8 Å². The van der Waals surface area contributed by atoms with Crippen molar-refractivity contribution in [1.29, 1.82) is 0 Å². The summed E-state index contributed by atoms with van der Waals surface area (Å²) in [6.45, 7) is 2.08. The number of hydrogen-bond donors (Lipinski definition) is 3. The third-order valence-corrected chi connectivity index (χ3v) is 11.1. The van der Waals surface area contributed by atoms with Crippen LogP contribution in [0.1, 0.15) is 213 Å². The predicted molar refractivity (Wildman–Crippen MR) is 238 cm³/mol. The van der Waals surface area contributed by atoms with Crippen molar-refractivity contribution in [1.82, 2.24) is 0 Å². The molecule has 0 aliphatic rings. The quantitative estimate of drug-likeness (QED) is 0.0234. The molecule has 0 aromatic carbocycles. The summed E-state index contributed by atoms with van der Waals surface area (Å²) in [5.41, 5.74) is 0. The van der Waals surface area contributed by atoms with Gasteiger partial charge >= 0.3 is 19.8 Å². The number of ether oxygens (including phenoxy) is 2. The highest BCUT2D eigenvalue weighted by Crippen LogP contribution is 2.43. The van der Waals surface area contributed by atoms with Crippen molar-refractivity contribution in [2.45, 2.75) is 225 Å². The second-order valence-corrected chi connectivity index (χ2v) is 17.2. The van der Waals surface area contributed by atoms with Crippen LogP contribution in [-0.4, -0.2) is 65.7 Å². The Hall–Kier alpha value is -1.81. The molecule has 58 heavy (non-hydrogen) atoms. The second kappa shape index (κ2) is 43.3. The zero-order valence-electron chi connectivity index (χ0n) is 37.0. The largest absolute Gasteiger partial charge is 0.472 e. The standard InChI is InChI=1S/C47H87O10P/c1-3-5-7-9-11-13-15-17-18-19-20-21-22-23-24-25-27-29-31-33-35-37-39-47(51)57-45(41-49)43-55-58(52,53)54-42-44(40-48)56-46(50)38-36-34-32-30-28-26-16-14-12-10-8-6-4-2/h6,8,12,14,26,28,44-45,48-49H,3-5,7,9-11,13,15-25,27,29-43H2,1-2H3,(H,52,53)/b8-6-,14-12-,28-26-. The van der Waals surface area contributed by atoms with E-state index in [-0.39, 0.29) is 12.8 Å². The van der Waals surface area contributed by atoms with E-state index in [0.717, 1.165) is 57.8 Å². The van der Waals surface area contributed by atoms with Gasteiger partial charge in [-0.25, -0.2) is 4.57 Å². The molecule has 0 aliphatic carbocycles. The molecule has 0 saturated heterocycles. The van der Waals surface area contributed by atoms with Gasteiger partial charge in [-0.3, -0.25) is 18.6 Å². The van der Waals surface area contributed by atoms with Crippen molar-refractivity contribution in [2.24, 2.45) is 0 Å². The van der Waals surface area contributed by atoms with Crippen LogP contribution >= 0.6 is 7.82 Å². The van der Waals surface area contributed by atoms with Crippen LogP contribution in [0, 0.1) is 0 Å². The highest BCUT2D eigenvalue weighted by Gasteiger charge is 2.27. The summed E-state index contributed by atoms with van der Waals surface area (Å²) >= 11 is 0. The molecule has 11 heteroatoms. The minimum Gasteiger partial charge on any atom is -0.457 e. The lowest BCUT2D eigenvalue weighted by molar-refractivity contribution is -0.153. The van der Waals surface area contributed by atoms with Gasteiger partial charge in [0.15, 0.2) is 0 Å². The third kappa shape index (κ3) is 40.9. The summed E-state index contributed by atoms with van der Waals surface area (Å²) in [7, 11) is -4.64. The smallest absolute Gasteiger partial charge is 0.457 e. The third-order valence-electron chi connectivity index (χ3n) is 10.1. The lowest BCUT2D eigenvalue weighted by Gasteiger charge is -2.20. The van der Waals surface area contributed by atoms with Crippen molar-refractivity contribution in [3.63, 3.8) is 0 Å². The van der Waals surface area contributed by atoms with Crippen LogP contribution in [-0.2, 0) is 32.7 Å². The van der Waals surface area contributed by atoms with Gasteiger partial charge in [0.1, 0.15) is 12.2 Å². The van der Waals surface area contributed by atoms with E-state index < -0.39 is 58.4 Å². The fraction of sp³-hybridized carbons (Fsp3) is 0.830. The van der Waals surface area contributed by atoms with E-state index in [9.17, 15) is 29.3 Å². The molecule has 3 N–H and O–H groups in total. The molecule has 0 spiro atoms. The molecule has 0 aromatic rings. The minimum absolute atomic E-state index is 0.157. The molecule has 0 radical (unpaired) electrons. The van der Waals surface area contributed by atoms with Crippen molar-refractivity contribution < 1.29 is 47.8 Å². The van der Waals surface area contributed by atoms with E-state index in [4.69, 9.17) is 18.5 Å². The fourth-order valence-electron chi connectivity index (χ4n) is 6.54. The lowest BCUT2D eigenvalue weighted by atomic mass is 10.0. The molecule has 0 amide bonds. The molecule has 0 aliphatic heterocycles. The first-order valence-electron chi connectivity index (χ1n) is 23.4. The van der Waals surface area contributed by atoms with Crippen molar-refractivity contribution in [3.05, 3.63) is 36.5 Å². The van der Waals surface area contributed by atoms with Gasteiger partial charge in [-0.05, 0) is 44.9 Å². The zero-order chi connectivity index (χ0) is 42.6. The van der Waals surface area contributed by atoms with E-state index in [2.05, 4.69) is 50.3 Å². The van der Waals surface area contributed by atoms with Gasteiger partial charge in [-0.15, -0.1) is 0 Å². The Morgan fingerprint density at radius 3 is 1.17 bits per heavy atom. The van der Waals surface area contributed by atoms with Gasteiger partial charge in [0.2, 0.25) is 0 Å². The Bertz CT molecular complexity index is 1060. The maximum absolute atomic E-state index is 12.4. The summed E-state index contributed by atoms with van der Waals surface area (Å²) < 4.78 is 32.6. The fourth-order valence-corrected chi connectivity index (χ4v) is 7.33. The number of hydrogen-bond acceptors (Lipinski definition) is 9. The minimum atomic E-state index is -4.64. The zero-order valence-corrected chi connectivity index (χ0v) is 37.9. The molecule has 0 bridgehead atoms. The van der Waals surface area contributed by atoms with Crippen LogP contribution in [0.15, 0.2) is 36.5 Å². The Morgan fingerprint density at radius 1 is 0.483 bits per heavy atom. The summed E-state index contributed by atoms with van der Waals surface area (Å²) in [5, 5.41) is 19.2. The lowest BCUT2D eigenvalue weighted by Crippen LogP contribution is -2.28. The summed E-state index contributed by atoms with van der Waals surface area (Å²) in [6.07, 6.45) is 45.6. The Morgan fingerprint density at radius 2 is 0.810 bits per heavy atom. The van der Waals surface area contributed by atoms with Crippen LogP contribution in [0.3, 0.4) is 0 Å².